The first-order chi connectivity index (χ1) is 9.88. The van der Waals surface area contributed by atoms with Crippen molar-refractivity contribution >= 4 is 33.1 Å². The molecule has 2 nitrogen and oxygen atoms in total. The Morgan fingerprint density at radius 2 is 1.86 bits per heavy atom. The standard InChI is InChI=1S/C16H15BrFNOS/c1-9(2)12-8-11(17)4-6-14(12)20-15-5-3-10(16(19)21)7-13(15)18/h3-9H,1-2H3,(H2,19,21). The maximum Gasteiger partial charge on any atom is 0.166 e. The van der Waals surface area contributed by atoms with E-state index in [0.717, 1.165) is 10.0 Å². The van der Waals surface area contributed by atoms with Gasteiger partial charge in [-0.25, -0.2) is 4.39 Å². The lowest BCUT2D eigenvalue weighted by molar-refractivity contribution is 0.435. The Balaban J connectivity index is 2.36. The van der Waals surface area contributed by atoms with Crippen molar-refractivity contribution in [1.82, 2.24) is 0 Å². The second-order valence-electron chi connectivity index (χ2n) is 4.95. The number of hydrogen-bond donors (Lipinski definition) is 1. The topological polar surface area (TPSA) is 35.2 Å². The number of nitrogens with two attached hydrogens (primary N) is 1. The molecule has 2 rings (SSSR count). The van der Waals surface area contributed by atoms with Gasteiger partial charge in [0.2, 0.25) is 0 Å². The third kappa shape index (κ3) is 3.80. The van der Waals surface area contributed by atoms with E-state index in [-0.39, 0.29) is 16.7 Å². The molecule has 2 aromatic carbocycles. The Morgan fingerprint density at radius 1 is 1.19 bits per heavy atom. The maximum atomic E-state index is 14.1. The molecule has 0 bridgehead atoms. The van der Waals surface area contributed by atoms with E-state index in [2.05, 4.69) is 29.8 Å². The third-order valence-corrected chi connectivity index (χ3v) is 3.76. The van der Waals surface area contributed by atoms with Gasteiger partial charge in [-0.15, -0.1) is 0 Å². The number of thiocarbonyl (C=S) groups is 1. The van der Waals surface area contributed by atoms with Gasteiger partial charge in [0.05, 0.1) is 0 Å². The van der Waals surface area contributed by atoms with E-state index in [0.29, 0.717) is 11.3 Å². The summed E-state index contributed by atoms with van der Waals surface area (Å²) >= 11 is 8.26. The van der Waals surface area contributed by atoms with Crippen molar-refractivity contribution < 1.29 is 9.13 Å². The molecule has 0 fully saturated rings. The molecule has 0 heterocycles. The van der Waals surface area contributed by atoms with Crippen LogP contribution in [0, 0.1) is 5.82 Å². The quantitative estimate of drug-likeness (QED) is 0.759. The van der Waals surface area contributed by atoms with Crippen LogP contribution in [0.25, 0.3) is 0 Å². The summed E-state index contributed by atoms with van der Waals surface area (Å²) in [4.78, 5) is 0.159. The highest BCUT2D eigenvalue weighted by molar-refractivity contribution is 9.10. The second kappa shape index (κ2) is 6.54. The van der Waals surface area contributed by atoms with Crippen molar-refractivity contribution in [3.8, 4) is 11.5 Å². The Labute approximate surface area is 137 Å². The van der Waals surface area contributed by atoms with Crippen LogP contribution < -0.4 is 10.5 Å². The largest absolute Gasteiger partial charge is 0.454 e. The van der Waals surface area contributed by atoms with Crippen LogP contribution in [0.5, 0.6) is 11.5 Å². The fourth-order valence-electron chi connectivity index (χ4n) is 1.92. The second-order valence-corrected chi connectivity index (χ2v) is 6.30. The minimum absolute atomic E-state index is 0.152. The zero-order chi connectivity index (χ0) is 15.6. The summed E-state index contributed by atoms with van der Waals surface area (Å²) in [6, 6.07) is 10.1. The number of rotatable bonds is 4. The first kappa shape index (κ1) is 15.9. The first-order valence-electron chi connectivity index (χ1n) is 6.45. The monoisotopic (exact) mass is 367 g/mol. The minimum Gasteiger partial charge on any atom is -0.454 e. The summed E-state index contributed by atoms with van der Waals surface area (Å²) in [6.45, 7) is 4.11. The molecule has 0 atom stereocenters. The molecule has 110 valence electrons. The van der Waals surface area contributed by atoms with Gasteiger partial charge in [-0.3, -0.25) is 0 Å². The van der Waals surface area contributed by atoms with Gasteiger partial charge in [0, 0.05) is 10.0 Å². The van der Waals surface area contributed by atoms with Crippen molar-refractivity contribution in [2.75, 3.05) is 0 Å². The normalized spacial score (nSPS) is 10.7. The van der Waals surface area contributed by atoms with Gasteiger partial charge in [-0.05, 0) is 47.9 Å². The molecule has 2 N–H and O–H groups in total. The molecule has 0 aliphatic carbocycles. The van der Waals surface area contributed by atoms with Gasteiger partial charge in [-0.2, -0.15) is 0 Å². The van der Waals surface area contributed by atoms with Gasteiger partial charge in [0.15, 0.2) is 11.6 Å². The van der Waals surface area contributed by atoms with Crippen LogP contribution in [0.2, 0.25) is 0 Å². The zero-order valence-corrected chi connectivity index (χ0v) is 14.1. The number of ether oxygens (including phenoxy) is 1. The van der Waals surface area contributed by atoms with Crippen LogP contribution in [0.4, 0.5) is 4.39 Å². The number of halogens is 2. The Kier molecular flexibility index (Phi) is 4.96. The van der Waals surface area contributed by atoms with E-state index in [1.807, 2.05) is 18.2 Å². The summed E-state index contributed by atoms with van der Waals surface area (Å²) in [5, 5.41) is 0. The Bertz CT molecular complexity index is 688. The van der Waals surface area contributed by atoms with Gasteiger partial charge >= 0.3 is 0 Å². The molecule has 2 aromatic rings. The minimum atomic E-state index is -0.488. The van der Waals surface area contributed by atoms with Crippen molar-refractivity contribution in [3.63, 3.8) is 0 Å². The van der Waals surface area contributed by atoms with Crippen LogP contribution in [0.3, 0.4) is 0 Å². The van der Waals surface area contributed by atoms with Gasteiger partial charge < -0.3 is 10.5 Å². The molecule has 0 aromatic heterocycles. The predicted molar refractivity (Wildman–Crippen MR) is 90.6 cm³/mol. The summed E-state index contributed by atoms with van der Waals surface area (Å²) in [5.74, 6) is 0.559. The van der Waals surface area contributed by atoms with Crippen molar-refractivity contribution in [2.45, 2.75) is 19.8 Å². The fraction of sp³-hybridized carbons (Fsp3) is 0.188. The van der Waals surface area contributed by atoms with Gasteiger partial charge in [-0.1, -0.05) is 42.0 Å². The van der Waals surface area contributed by atoms with Crippen molar-refractivity contribution in [1.29, 1.82) is 0 Å². The summed E-state index contributed by atoms with van der Waals surface area (Å²) < 4.78 is 20.7. The number of benzene rings is 2. The average Bonchev–Trinajstić information content (AvgIpc) is 2.42. The smallest absolute Gasteiger partial charge is 0.166 e. The molecular formula is C16H15BrFNOS. The molecular weight excluding hydrogens is 353 g/mol. The van der Waals surface area contributed by atoms with Gasteiger partial charge in [0.1, 0.15) is 10.7 Å². The lowest BCUT2D eigenvalue weighted by atomic mass is 10.0. The lowest BCUT2D eigenvalue weighted by Gasteiger charge is -2.15. The lowest BCUT2D eigenvalue weighted by Crippen LogP contribution is -2.09. The predicted octanol–water partition coefficient (Wildman–Crippen LogP) is 5.14. The molecule has 0 spiro atoms. The van der Waals surface area contributed by atoms with E-state index in [9.17, 15) is 4.39 Å². The van der Waals surface area contributed by atoms with E-state index >= 15 is 0 Å². The van der Waals surface area contributed by atoms with Crippen LogP contribution in [0.1, 0.15) is 30.9 Å². The van der Waals surface area contributed by atoms with Crippen molar-refractivity contribution in [2.24, 2.45) is 5.73 Å². The van der Waals surface area contributed by atoms with E-state index in [4.69, 9.17) is 22.7 Å². The van der Waals surface area contributed by atoms with Crippen LogP contribution in [-0.2, 0) is 0 Å². The van der Waals surface area contributed by atoms with Gasteiger partial charge in [0.25, 0.3) is 0 Å². The SMILES string of the molecule is CC(C)c1cc(Br)ccc1Oc1ccc(C(N)=S)cc1F. The highest BCUT2D eigenvalue weighted by Gasteiger charge is 2.12. The van der Waals surface area contributed by atoms with E-state index in [1.165, 1.54) is 12.1 Å². The molecule has 0 radical (unpaired) electrons. The molecule has 5 heteroatoms. The molecule has 0 aliphatic heterocycles. The molecule has 0 unspecified atom stereocenters. The highest BCUT2D eigenvalue weighted by Crippen LogP contribution is 2.34. The van der Waals surface area contributed by atoms with Crippen molar-refractivity contribution in [3.05, 3.63) is 57.8 Å². The zero-order valence-electron chi connectivity index (χ0n) is 11.7. The van der Waals surface area contributed by atoms with Crippen LogP contribution in [0.15, 0.2) is 40.9 Å². The Hall–Kier alpha value is -1.46. The highest BCUT2D eigenvalue weighted by atomic mass is 79.9. The summed E-state index contributed by atoms with van der Waals surface area (Å²) in [5.41, 5.74) is 6.97. The first-order valence-corrected chi connectivity index (χ1v) is 7.65. The van der Waals surface area contributed by atoms with Crippen LogP contribution in [-0.4, -0.2) is 4.99 Å². The molecule has 21 heavy (non-hydrogen) atoms. The van der Waals surface area contributed by atoms with E-state index in [1.54, 1.807) is 6.07 Å². The molecule has 0 saturated heterocycles. The maximum absolute atomic E-state index is 14.1. The summed E-state index contributed by atoms with van der Waals surface area (Å²) in [7, 11) is 0. The third-order valence-electron chi connectivity index (χ3n) is 3.03. The number of hydrogen-bond acceptors (Lipinski definition) is 2. The van der Waals surface area contributed by atoms with Crippen LogP contribution >= 0.6 is 28.1 Å². The Morgan fingerprint density at radius 3 is 2.43 bits per heavy atom. The van der Waals surface area contributed by atoms with E-state index < -0.39 is 5.82 Å². The molecule has 0 amide bonds. The fourth-order valence-corrected chi connectivity index (χ4v) is 2.42. The molecule has 0 saturated carbocycles. The average molecular weight is 368 g/mol. The summed E-state index contributed by atoms with van der Waals surface area (Å²) in [6.07, 6.45) is 0. The molecule has 0 aliphatic rings.